The van der Waals surface area contributed by atoms with Crippen LogP contribution in [0.3, 0.4) is 0 Å². The van der Waals surface area contributed by atoms with E-state index >= 15 is 0 Å². The Hall–Kier alpha value is -2.17. The number of carbonyl (C=O) groups is 2. The number of benzene rings is 1. The number of rotatable bonds is 5. The van der Waals surface area contributed by atoms with Gasteiger partial charge in [-0.1, -0.05) is 25.5 Å². The molecule has 5 heteroatoms. The van der Waals surface area contributed by atoms with Gasteiger partial charge in [-0.2, -0.15) is 5.10 Å². The molecule has 1 amide bonds. The van der Waals surface area contributed by atoms with E-state index in [1.54, 1.807) is 12.1 Å². The third-order valence-corrected chi connectivity index (χ3v) is 3.22. The molecule has 0 saturated heterocycles. The highest BCUT2D eigenvalue weighted by Crippen LogP contribution is 2.16. The van der Waals surface area contributed by atoms with Crippen LogP contribution in [0.4, 0.5) is 0 Å². The summed E-state index contributed by atoms with van der Waals surface area (Å²) in [5.74, 6) is -0.974. The van der Waals surface area contributed by atoms with Crippen LogP contribution in [0.15, 0.2) is 29.4 Å². The van der Waals surface area contributed by atoms with Crippen LogP contribution in [-0.2, 0) is 11.3 Å². The topological polar surface area (TPSA) is 70.0 Å². The van der Waals surface area contributed by atoms with Gasteiger partial charge in [-0.3, -0.25) is 4.79 Å². The molecule has 0 aliphatic carbocycles. The van der Waals surface area contributed by atoms with Gasteiger partial charge in [-0.25, -0.2) is 9.80 Å². The average Bonchev–Trinajstić information content (AvgIpc) is 2.43. The summed E-state index contributed by atoms with van der Waals surface area (Å²) in [5, 5.41) is 14.8. The molecule has 1 aromatic rings. The van der Waals surface area contributed by atoms with E-state index < -0.39 is 5.97 Å². The predicted octanol–water partition coefficient (Wildman–Crippen LogP) is 2.66. The van der Waals surface area contributed by atoms with Crippen molar-refractivity contribution in [3.8, 4) is 0 Å². The Morgan fingerprint density at radius 1 is 1.40 bits per heavy atom. The van der Waals surface area contributed by atoms with Crippen LogP contribution in [0.1, 0.15) is 48.5 Å². The molecule has 1 heterocycles. The third kappa shape index (κ3) is 3.44. The minimum Gasteiger partial charge on any atom is -0.478 e. The summed E-state index contributed by atoms with van der Waals surface area (Å²) < 4.78 is 0. The molecule has 0 radical (unpaired) electrons. The Morgan fingerprint density at radius 2 is 2.20 bits per heavy atom. The maximum Gasteiger partial charge on any atom is 0.335 e. The first-order chi connectivity index (χ1) is 9.60. The summed E-state index contributed by atoms with van der Waals surface area (Å²) in [7, 11) is 0. The first-order valence-electron chi connectivity index (χ1n) is 6.79. The zero-order chi connectivity index (χ0) is 14.5. The standard InChI is InChI=1S/C15H18N2O3/c1-2-4-13-7-8-14(18)17(16-13)10-11-5-3-6-12(9-11)15(19)20/h3,5-6,9H,2,4,7-8,10H2,1H3,(H,19,20). The number of nitrogens with zero attached hydrogens (tertiary/aromatic N) is 2. The van der Waals surface area contributed by atoms with E-state index in [9.17, 15) is 9.59 Å². The van der Waals surface area contributed by atoms with Crippen molar-refractivity contribution in [2.24, 2.45) is 5.10 Å². The van der Waals surface area contributed by atoms with Gasteiger partial charge >= 0.3 is 5.97 Å². The maximum atomic E-state index is 11.9. The normalized spacial score (nSPS) is 15.2. The van der Waals surface area contributed by atoms with Crippen molar-refractivity contribution in [1.82, 2.24) is 5.01 Å². The fourth-order valence-electron chi connectivity index (χ4n) is 2.22. The quantitative estimate of drug-likeness (QED) is 0.897. The lowest BCUT2D eigenvalue weighted by Crippen LogP contribution is -2.31. The van der Waals surface area contributed by atoms with E-state index in [0.717, 1.165) is 30.5 Å². The average molecular weight is 274 g/mol. The number of hydrazone groups is 1. The van der Waals surface area contributed by atoms with E-state index in [1.165, 1.54) is 11.1 Å². The molecule has 5 nitrogen and oxygen atoms in total. The summed E-state index contributed by atoms with van der Waals surface area (Å²) >= 11 is 0. The van der Waals surface area contributed by atoms with Crippen molar-refractivity contribution < 1.29 is 14.7 Å². The number of amides is 1. The Morgan fingerprint density at radius 3 is 2.90 bits per heavy atom. The fraction of sp³-hybridized carbons (Fsp3) is 0.400. The highest BCUT2D eigenvalue weighted by molar-refractivity contribution is 5.92. The Kier molecular flexibility index (Phi) is 4.50. The van der Waals surface area contributed by atoms with Crippen LogP contribution in [0.5, 0.6) is 0 Å². The van der Waals surface area contributed by atoms with Gasteiger partial charge < -0.3 is 5.11 Å². The second-order valence-electron chi connectivity index (χ2n) is 4.87. The number of carbonyl (C=O) groups excluding carboxylic acids is 1. The van der Waals surface area contributed by atoms with E-state index in [-0.39, 0.29) is 11.5 Å². The summed E-state index contributed by atoms with van der Waals surface area (Å²) in [6, 6.07) is 6.61. The Balaban J connectivity index is 2.15. The van der Waals surface area contributed by atoms with Crippen molar-refractivity contribution in [2.45, 2.75) is 39.2 Å². The van der Waals surface area contributed by atoms with Crippen molar-refractivity contribution in [1.29, 1.82) is 0 Å². The second kappa shape index (κ2) is 6.32. The van der Waals surface area contributed by atoms with Gasteiger partial charge in [0, 0.05) is 12.1 Å². The van der Waals surface area contributed by atoms with Gasteiger partial charge in [-0.05, 0) is 30.5 Å². The van der Waals surface area contributed by atoms with E-state index in [1.807, 2.05) is 6.07 Å². The lowest BCUT2D eigenvalue weighted by molar-refractivity contribution is -0.132. The van der Waals surface area contributed by atoms with Gasteiger partial charge in [0.25, 0.3) is 0 Å². The first-order valence-corrected chi connectivity index (χ1v) is 6.79. The summed E-state index contributed by atoms with van der Waals surface area (Å²) in [6.45, 7) is 2.41. The molecule has 106 valence electrons. The molecule has 2 rings (SSSR count). The highest BCUT2D eigenvalue weighted by atomic mass is 16.4. The molecule has 1 N–H and O–H groups in total. The highest BCUT2D eigenvalue weighted by Gasteiger charge is 2.20. The molecule has 1 aliphatic heterocycles. The van der Waals surface area contributed by atoms with Crippen LogP contribution in [0.25, 0.3) is 0 Å². The Bertz CT molecular complexity index is 552. The molecule has 1 aliphatic rings. The second-order valence-corrected chi connectivity index (χ2v) is 4.87. The van der Waals surface area contributed by atoms with Crippen LogP contribution >= 0.6 is 0 Å². The number of carboxylic acids is 1. The summed E-state index contributed by atoms with van der Waals surface area (Å²) in [4.78, 5) is 22.8. The van der Waals surface area contributed by atoms with Crippen LogP contribution in [0.2, 0.25) is 0 Å². The van der Waals surface area contributed by atoms with E-state index in [2.05, 4.69) is 12.0 Å². The van der Waals surface area contributed by atoms with Crippen LogP contribution in [0, 0.1) is 0 Å². The largest absolute Gasteiger partial charge is 0.478 e. The molecule has 0 atom stereocenters. The number of hydrogen-bond donors (Lipinski definition) is 1. The molecule has 0 fully saturated rings. The molecule has 20 heavy (non-hydrogen) atoms. The van der Waals surface area contributed by atoms with Gasteiger partial charge in [0.2, 0.25) is 5.91 Å². The molecule has 1 aromatic carbocycles. The predicted molar refractivity (Wildman–Crippen MR) is 75.5 cm³/mol. The van der Waals surface area contributed by atoms with Crippen LogP contribution in [-0.4, -0.2) is 27.7 Å². The fourth-order valence-corrected chi connectivity index (χ4v) is 2.22. The molecule has 0 saturated carbocycles. The van der Waals surface area contributed by atoms with Gasteiger partial charge in [0.15, 0.2) is 0 Å². The minimum atomic E-state index is -0.966. The monoisotopic (exact) mass is 274 g/mol. The van der Waals surface area contributed by atoms with Crippen molar-refractivity contribution in [2.75, 3.05) is 0 Å². The molecule has 0 spiro atoms. The number of aromatic carboxylic acids is 1. The van der Waals surface area contributed by atoms with Crippen molar-refractivity contribution in [3.63, 3.8) is 0 Å². The summed E-state index contributed by atoms with van der Waals surface area (Å²) in [5.41, 5.74) is 2.05. The van der Waals surface area contributed by atoms with Gasteiger partial charge in [-0.15, -0.1) is 0 Å². The minimum absolute atomic E-state index is 0.00872. The molecular weight excluding hydrogens is 256 g/mol. The van der Waals surface area contributed by atoms with Crippen molar-refractivity contribution >= 4 is 17.6 Å². The zero-order valence-corrected chi connectivity index (χ0v) is 11.5. The lowest BCUT2D eigenvalue weighted by Gasteiger charge is -2.23. The third-order valence-electron chi connectivity index (χ3n) is 3.22. The van der Waals surface area contributed by atoms with E-state index in [0.29, 0.717) is 13.0 Å². The molecule has 0 unspecified atom stereocenters. The smallest absolute Gasteiger partial charge is 0.335 e. The SMILES string of the molecule is CCCC1=NN(Cc2cccc(C(=O)O)c2)C(=O)CC1. The van der Waals surface area contributed by atoms with Crippen LogP contribution < -0.4 is 0 Å². The molecule has 0 aromatic heterocycles. The Labute approximate surface area is 117 Å². The lowest BCUT2D eigenvalue weighted by atomic mass is 10.1. The van der Waals surface area contributed by atoms with Gasteiger partial charge in [0.1, 0.15) is 0 Å². The summed E-state index contributed by atoms with van der Waals surface area (Å²) in [6.07, 6.45) is 3.13. The molecule has 0 bridgehead atoms. The number of hydrogen-bond acceptors (Lipinski definition) is 3. The first kappa shape index (κ1) is 14.2. The van der Waals surface area contributed by atoms with Crippen molar-refractivity contribution in [3.05, 3.63) is 35.4 Å². The number of carboxylic acid groups (broad SMARTS) is 1. The zero-order valence-electron chi connectivity index (χ0n) is 11.5. The maximum absolute atomic E-state index is 11.9. The molecular formula is C15H18N2O3. The van der Waals surface area contributed by atoms with E-state index in [4.69, 9.17) is 5.11 Å². The van der Waals surface area contributed by atoms with Gasteiger partial charge in [0.05, 0.1) is 12.1 Å².